The van der Waals surface area contributed by atoms with Crippen LogP contribution in [0.3, 0.4) is 0 Å². The zero-order valence-corrected chi connectivity index (χ0v) is 14.8. The Kier molecular flexibility index (Phi) is 7.58. The summed E-state index contributed by atoms with van der Waals surface area (Å²) in [5.41, 5.74) is 0. The van der Waals surface area contributed by atoms with Crippen LogP contribution in [0.1, 0.15) is 33.6 Å². The summed E-state index contributed by atoms with van der Waals surface area (Å²) < 4.78 is 23.0. The first-order valence-electron chi connectivity index (χ1n) is 7.04. The molecule has 19 heavy (non-hydrogen) atoms. The second-order valence-corrected chi connectivity index (χ2v) is 10.7. The van der Waals surface area contributed by atoms with Crippen LogP contribution < -0.4 is 5.32 Å². The predicted molar refractivity (Wildman–Crippen MR) is 89.2 cm³/mol. The summed E-state index contributed by atoms with van der Waals surface area (Å²) in [5.74, 6) is 1.76. The molecule has 1 saturated heterocycles. The first kappa shape index (κ1) is 17.7. The Labute approximate surface area is 127 Å². The van der Waals surface area contributed by atoms with Gasteiger partial charge in [0.1, 0.15) is 9.84 Å². The van der Waals surface area contributed by atoms with E-state index in [0.29, 0.717) is 22.3 Å². The molecule has 1 rings (SSSR count). The summed E-state index contributed by atoms with van der Waals surface area (Å²) in [5, 5.41) is 5.39. The van der Waals surface area contributed by atoms with Crippen molar-refractivity contribution in [1.29, 1.82) is 0 Å². The third-order valence-corrected chi connectivity index (χ3v) is 9.15. The van der Waals surface area contributed by atoms with Gasteiger partial charge in [-0.3, -0.25) is 0 Å². The molecule has 0 spiro atoms. The van der Waals surface area contributed by atoms with E-state index in [2.05, 4.69) is 30.9 Å². The molecule has 6 heteroatoms. The third kappa shape index (κ3) is 5.86. The molecule has 0 saturated carbocycles. The van der Waals surface area contributed by atoms with Gasteiger partial charge in [-0.05, 0) is 19.9 Å². The van der Waals surface area contributed by atoms with Gasteiger partial charge in [-0.2, -0.15) is 23.5 Å². The molecule has 0 aromatic rings. The van der Waals surface area contributed by atoms with E-state index in [1.807, 2.05) is 18.8 Å². The van der Waals surface area contributed by atoms with Crippen LogP contribution >= 0.6 is 23.5 Å². The quantitative estimate of drug-likeness (QED) is 0.779. The first-order valence-corrected chi connectivity index (χ1v) is 10.9. The van der Waals surface area contributed by atoms with Gasteiger partial charge in [0.15, 0.2) is 0 Å². The highest BCUT2D eigenvalue weighted by atomic mass is 32.2. The maximum absolute atomic E-state index is 11.5. The van der Waals surface area contributed by atoms with Crippen molar-refractivity contribution in [2.75, 3.05) is 24.3 Å². The fourth-order valence-electron chi connectivity index (χ4n) is 2.20. The minimum Gasteiger partial charge on any atom is -0.316 e. The SMILES string of the molecule is CCS(=O)(=O)CCCC(NC)C1CSC(C)C(C)S1. The Bertz CT molecular complexity index is 359. The highest BCUT2D eigenvalue weighted by Crippen LogP contribution is 2.37. The number of sulfone groups is 1. The smallest absolute Gasteiger partial charge is 0.150 e. The average Bonchev–Trinajstić information content (AvgIpc) is 2.38. The second-order valence-electron chi connectivity index (χ2n) is 5.19. The van der Waals surface area contributed by atoms with Crippen LogP contribution in [0.2, 0.25) is 0 Å². The van der Waals surface area contributed by atoms with Gasteiger partial charge < -0.3 is 5.32 Å². The normalized spacial score (nSPS) is 30.2. The number of rotatable bonds is 7. The molecule has 1 heterocycles. The summed E-state index contributed by atoms with van der Waals surface area (Å²) in [7, 11) is -0.820. The number of hydrogen-bond acceptors (Lipinski definition) is 5. The highest BCUT2D eigenvalue weighted by Gasteiger charge is 2.30. The summed E-state index contributed by atoms with van der Waals surface area (Å²) >= 11 is 4.10. The maximum atomic E-state index is 11.5. The molecule has 0 radical (unpaired) electrons. The van der Waals surface area contributed by atoms with Crippen molar-refractivity contribution >= 4 is 33.4 Å². The predicted octanol–water partition coefficient (Wildman–Crippen LogP) is 2.41. The zero-order valence-electron chi connectivity index (χ0n) is 12.4. The monoisotopic (exact) mass is 325 g/mol. The van der Waals surface area contributed by atoms with Crippen molar-refractivity contribution in [2.24, 2.45) is 0 Å². The van der Waals surface area contributed by atoms with Crippen LogP contribution in [0.4, 0.5) is 0 Å². The molecule has 1 aliphatic rings. The van der Waals surface area contributed by atoms with Crippen molar-refractivity contribution < 1.29 is 8.42 Å². The lowest BCUT2D eigenvalue weighted by molar-refractivity contribution is 0.509. The molecule has 3 nitrogen and oxygen atoms in total. The first-order chi connectivity index (χ1) is 8.89. The topological polar surface area (TPSA) is 46.2 Å². The maximum Gasteiger partial charge on any atom is 0.150 e. The van der Waals surface area contributed by atoms with Crippen LogP contribution in [-0.2, 0) is 9.84 Å². The highest BCUT2D eigenvalue weighted by molar-refractivity contribution is 8.07. The number of thioether (sulfide) groups is 2. The summed E-state index contributed by atoms with van der Waals surface area (Å²) in [6, 6.07) is 0.430. The molecular formula is C13H27NO2S3. The Balaban J connectivity index is 2.41. The number of nitrogens with one attached hydrogen (secondary N) is 1. The Hall–Kier alpha value is 0.610. The lowest BCUT2D eigenvalue weighted by atomic mass is 10.1. The molecule has 0 amide bonds. The van der Waals surface area contributed by atoms with E-state index >= 15 is 0 Å². The molecule has 114 valence electrons. The van der Waals surface area contributed by atoms with Gasteiger partial charge in [0, 0.05) is 33.3 Å². The third-order valence-electron chi connectivity index (χ3n) is 3.80. The van der Waals surface area contributed by atoms with Gasteiger partial charge in [-0.1, -0.05) is 20.8 Å². The molecule has 1 N–H and O–H groups in total. The van der Waals surface area contributed by atoms with E-state index in [1.54, 1.807) is 6.92 Å². The molecule has 0 bridgehead atoms. The molecule has 4 atom stereocenters. The lowest BCUT2D eigenvalue weighted by Crippen LogP contribution is -2.42. The molecule has 4 unspecified atom stereocenters. The van der Waals surface area contributed by atoms with Gasteiger partial charge in [0.2, 0.25) is 0 Å². The van der Waals surface area contributed by atoms with Crippen molar-refractivity contribution in [1.82, 2.24) is 5.32 Å². The Morgan fingerprint density at radius 3 is 2.53 bits per heavy atom. The van der Waals surface area contributed by atoms with E-state index in [4.69, 9.17) is 0 Å². The van der Waals surface area contributed by atoms with Crippen molar-refractivity contribution in [3.8, 4) is 0 Å². The lowest BCUT2D eigenvalue weighted by Gasteiger charge is -2.35. The summed E-state index contributed by atoms with van der Waals surface area (Å²) in [4.78, 5) is 0. The van der Waals surface area contributed by atoms with Crippen molar-refractivity contribution in [3.05, 3.63) is 0 Å². The van der Waals surface area contributed by atoms with Crippen LogP contribution in [0, 0.1) is 0 Å². The van der Waals surface area contributed by atoms with Crippen LogP contribution in [0.15, 0.2) is 0 Å². The summed E-state index contributed by atoms with van der Waals surface area (Å²) in [6.07, 6.45) is 1.72. The van der Waals surface area contributed by atoms with Crippen LogP contribution in [-0.4, -0.2) is 54.5 Å². The van der Waals surface area contributed by atoms with Gasteiger partial charge in [-0.25, -0.2) is 8.42 Å². The van der Waals surface area contributed by atoms with E-state index in [1.165, 1.54) is 5.75 Å². The van der Waals surface area contributed by atoms with Crippen molar-refractivity contribution in [3.63, 3.8) is 0 Å². The molecule has 1 fully saturated rings. The van der Waals surface area contributed by atoms with Gasteiger partial charge in [0.25, 0.3) is 0 Å². The molecular weight excluding hydrogens is 298 g/mol. The van der Waals surface area contributed by atoms with Gasteiger partial charge in [0.05, 0.1) is 5.75 Å². The minimum absolute atomic E-state index is 0.264. The molecule has 0 aromatic carbocycles. The number of hydrogen-bond donors (Lipinski definition) is 1. The van der Waals surface area contributed by atoms with E-state index in [-0.39, 0.29) is 5.75 Å². The van der Waals surface area contributed by atoms with Crippen LogP contribution in [0.5, 0.6) is 0 Å². The fraction of sp³-hybridized carbons (Fsp3) is 1.00. The summed E-state index contributed by atoms with van der Waals surface area (Å²) in [6.45, 7) is 6.31. The van der Waals surface area contributed by atoms with E-state index in [0.717, 1.165) is 18.1 Å². The molecule has 0 aliphatic carbocycles. The minimum atomic E-state index is -2.81. The Morgan fingerprint density at radius 1 is 1.32 bits per heavy atom. The second kappa shape index (κ2) is 8.15. The fourth-order valence-corrected chi connectivity index (χ4v) is 6.31. The van der Waals surface area contributed by atoms with Gasteiger partial charge in [-0.15, -0.1) is 0 Å². The van der Waals surface area contributed by atoms with E-state index in [9.17, 15) is 8.42 Å². The largest absolute Gasteiger partial charge is 0.316 e. The van der Waals surface area contributed by atoms with E-state index < -0.39 is 9.84 Å². The molecule has 0 aromatic heterocycles. The zero-order chi connectivity index (χ0) is 14.5. The molecule has 1 aliphatic heterocycles. The van der Waals surface area contributed by atoms with Gasteiger partial charge >= 0.3 is 0 Å². The Morgan fingerprint density at radius 2 is 2.00 bits per heavy atom. The average molecular weight is 326 g/mol. The standard InChI is InChI=1S/C13H27NO2S3/c1-5-19(15,16)8-6-7-12(14-4)13-9-17-10(2)11(3)18-13/h10-14H,5-9H2,1-4H3. The van der Waals surface area contributed by atoms with Crippen molar-refractivity contribution in [2.45, 2.75) is 55.4 Å². The van der Waals surface area contributed by atoms with Crippen LogP contribution in [0.25, 0.3) is 0 Å².